The van der Waals surface area contributed by atoms with Crippen molar-refractivity contribution in [3.8, 4) is 0 Å². The number of amides is 1. The van der Waals surface area contributed by atoms with E-state index in [1.807, 2.05) is 24.3 Å². The molecule has 0 bridgehead atoms. The van der Waals surface area contributed by atoms with Crippen LogP contribution < -0.4 is 15.1 Å². The summed E-state index contributed by atoms with van der Waals surface area (Å²) < 4.78 is 13.9. The third-order valence-electron chi connectivity index (χ3n) is 4.73. The molecule has 1 amide bonds. The van der Waals surface area contributed by atoms with Crippen LogP contribution in [0, 0.1) is 5.82 Å². The Bertz CT molecular complexity index is 770. The highest BCUT2D eigenvalue weighted by Gasteiger charge is 2.25. The predicted molar refractivity (Wildman–Crippen MR) is 95.6 cm³/mol. The molecular formula is C19H21FN4O. The maximum Gasteiger partial charge on any atom is 0.270 e. The molecule has 1 aromatic heterocycles. The first-order valence-electron chi connectivity index (χ1n) is 8.72. The zero-order valence-electron chi connectivity index (χ0n) is 14.0. The molecule has 5 nitrogen and oxygen atoms in total. The minimum atomic E-state index is -0.182. The Kier molecular flexibility index (Phi) is 4.26. The van der Waals surface area contributed by atoms with Crippen molar-refractivity contribution in [2.75, 3.05) is 36.0 Å². The maximum absolute atomic E-state index is 13.9. The Hall–Kier alpha value is -2.63. The third kappa shape index (κ3) is 3.57. The van der Waals surface area contributed by atoms with Crippen molar-refractivity contribution in [3.05, 3.63) is 54.1 Å². The SMILES string of the molecule is O=C(NC1CC1)c1cc(N2CCN(c3ccccc3F)CC2)ccn1. The summed E-state index contributed by atoms with van der Waals surface area (Å²) >= 11 is 0. The van der Waals surface area contributed by atoms with Crippen molar-refractivity contribution in [2.24, 2.45) is 0 Å². The molecule has 2 aliphatic rings. The van der Waals surface area contributed by atoms with Gasteiger partial charge in [-0.3, -0.25) is 9.78 Å². The average molecular weight is 340 g/mol. The summed E-state index contributed by atoms with van der Waals surface area (Å²) in [4.78, 5) is 20.6. The van der Waals surface area contributed by atoms with Crippen LogP contribution in [0.15, 0.2) is 42.6 Å². The van der Waals surface area contributed by atoms with Crippen LogP contribution in [0.1, 0.15) is 23.3 Å². The number of pyridine rings is 1. The molecule has 130 valence electrons. The van der Waals surface area contributed by atoms with Crippen LogP contribution in [0.5, 0.6) is 0 Å². The van der Waals surface area contributed by atoms with E-state index in [0.29, 0.717) is 17.4 Å². The lowest BCUT2D eigenvalue weighted by molar-refractivity contribution is 0.0946. The topological polar surface area (TPSA) is 48.5 Å². The van der Waals surface area contributed by atoms with Gasteiger partial charge in [-0.15, -0.1) is 0 Å². The molecule has 2 heterocycles. The number of carbonyl (C=O) groups is 1. The minimum absolute atomic E-state index is 0.102. The third-order valence-corrected chi connectivity index (χ3v) is 4.73. The standard InChI is InChI=1S/C19H21FN4O/c20-16-3-1-2-4-18(16)24-11-9-23(10-12-24)15-7-8-21-17(13-15)19(25)22-14-5-6-14/h1-4,7-8,13-14H,5-6,9-12H2,(H,22,25). The van der Waals surface area contributed by atoms with Gasteiger partial charge in [-0.2, -0.15) is 0 Å². The Morgan fingerprint density at radius 3 is 2.52 bits per heavy atom. The summed E-state index contributed by atoms with van der Waals surface area (Å²) in [5, 5.41) is 2.97. The van der Waals surface area contributed by atoms with E-state index in [2.05, 4.69) is 20.1 Å². The van der Waals surface area contributed by atoms with Gasteiger partial charge in [0.25, 0.3) is 5.91 Å². The summed E-state index contributed by atoms with van der Waals surface area (Å²) in [6.07, 6.45) is 3.80. The molecule has 25 heavy (non-hydrogen) atoms. The number of benzene rings is 1. The second-order valence-corrected chi connectivity index (χ2v) is 6.57. The van der Waals surface area contributed by atoms with Gasteiger partial charge in [-0.25, -0.2) is 4.39 Å². The maximum atomic E-state index is 13.9. The average Bonchev–Trinajstić information content (AvgIpc) is 3.46. The number of halogens is 1. The van der Waals surface area contributed by atoms with Crippen LogP contribution in [-0.2, 0) is 0 Å². The Balaban J connectivity index is 1.42. The molecule has 1 saturated heterocycles. The Labute approximate surface area is 146 Å². The number of nitrogens with zero attached hydrogens (tertiary/aromatic N) is 3. The molecule has 0 atom stereocenters. The zero-order chi connectivity index (χ0) is 17.2. The molecule has 1 aromatic carbocycles. The molecule has 0 unspecified atom stereocenters. The second kappa shape index (κ2) is 6.70. The number of carbonyl (C=O) groups excluding carboxylic acids is 1. The second-order valence-electron chi connectivity index (χ2n) is 6.57. The van der Waals surface area contributed by atoms with E-state index >= 15 is 0 Å². The molecule has 2 aromatic rings. The van der Waals surface area contributed by atoms with E-state index < -0.39 is 0 Å². The van der Waals surface area contributed by atoms with Gasteiger partial charge in [0.1, 0.15) is 11.5 Å². The number of aromatic nitrogens is 1. The molecular weight excluding hydrogens is 319 g/mol. The molecule has 1 N–H and O–H groups in total. The summed E-state index contributed by atoms with van der Waals surface area (Å²) in [6, 6.07) is 11.0. The lowest BCUT2D eigenvalue weighted by Crippen LogP contribution is -2.46. The number of rotatable bonds is 4. The summed E-state index contributed by atoms with van der Waals surface area (Å²) in [5.74, 6) is -0.284. The fraction of sp³-hybridized carbons (Fsp3) is 0.368. The van der Waals surface area contributed by atoms with Crippen LogP contribution in [0.25, 0.3) is 0 Å². The Morgan fingerprint density at radius 2 is 1.80 bits per heavy atom. The van der Waals surface area contributed by atoms with Crippen molar-refractivity contribution in [2.45, 2.75) is 18.9 Å². The molecule has 1 saturated carbocycles. The number of piperazine rings is 1. The van der Waals surface area contributed by atoms with E-state index in [1.165, 1.54) is 6.07 Å². The van der Waals surface area contributed by atoms with Crippen LogP contribution in [0.4, 0.5) is 15.8 Å². The molecule has 0 spiro atoms. The predicted octanol–water partition coefficient (Wildman–Crippen LogP) is 2.44. The summed E-state index contributed by atoms with van der Waals surface area (Å²) in [7, 11) is 0. The van der Waals surface area contributed by atoms with E-state index in [0.717, 1.165) is 44.7 Å². The molecule has 0 radical (unpaired) electrons. The van der Waals surface area contributed by atoms with Gasteiger partial charge in [-0.05, 0) is 37.1 Å². The van der Waals surface area contributed by atoms with Gasteiger partial charge < -0.3 is 15.1 Å². The minimum Gasteiger partial charge on any atom is -0.368 e. The number of anilines is 2. The van der Waals surface area contributed by atoms with Crippen molar-refractivity contribution < 1.29 is 9.18 Å². The fourth-order valence-corrected chi connectivity index (χ4v) is 3.14. The van der Waals surface area contributed by atoms with Gasteiger partial charge in [0.2, 0.25) is 0 Å². The van der Waals surface area contributed by atoms with E-state index in [4.69, 9.17) is 0 Å². The number of hydrogen-bond acceptors (Lipinski definition) is 4. The number of hydrogen-bond donors (Lipinski definition) is 1. The van der Waals surface area contributed by atoms with Gasteiger partial charge in [0, 0.05) is 44.1 Å². The highest BCUT2D eigenvalue weighted by atomic mass is 19.1. The van der Waals surface area contributed by atoms with E-state index in [9.17, 15) is 9.18 Å². The molecule has 6 heteroatoms. The van der Waals surface area contributed by atoms with Gasteiger partial charge in [0.15, 0.2) is 0 Å². The monoisotopic (exact) mass is 340 g/mol. The van der Waals surface area contributed by atoms with Crippen LogP contribution >= 0.6 is 0 Å². The lowest BCUT2D eigenvalue weighted by Gasteiger charge is -2.37. The Morgan fingerprint density at radius 1 is 1.08 bits per heavy atom. The largest absolute Gasteiger partial charge is 0.368 e. The van der Waals surface area contributed by atoms with Crippen molar-refractivity contribution >= 4 is 17.3 Å². The first-order valence-corrected chi connectivity index (χ1v) is 8.72. The van der Waals surface area contributed by atoms with E-state index in [1.54, 1.807) is 12.3 Å². The quantitative estimate of drug-likeness (QED) is 0.929. The van der Waals surface area contributed by atoms with Gasteiger partial charge >= 0.3 is 0 Å². The van der Waals surface area contributed by atoms with Crippen LogP contribution in [0.3, 0.4) is 0 Å². The highest BCUT2D eigenvalue weighted by Crippen LogP contribution is 2.23. The molecule has 4 rings (SSSR count). The summed E-state index contributed by atoms with van der Waals surface area (Å²) in [5.41, 5.74) is 2.10. The normalized spacial score (nSPS) is 17.5. The van der Waals surface area contributed by atoms with Crippen molar-refractivity contribution in [3.63, 3.8) is 0 Å². The van der Waals surface area contributed by atoms with Crippen molar-refractivity contribution in [1.29, 1.82) is 0 Å². The number of para-hydroxylation sites is 1. The first kappa shape index (κ1) is 15.9. The fourth-order valence-electron chi connectivity index (χ4n) is 3.14. The lowest BCUT2D eigenvalue weighted by atomic mass is 10.2. The van der Waals surface area contributed by atoms with E-state index in [-0.39, 0.29) is 11.7 Å². The van der Waals surface area contributed by atoms with Gasteiger partial charge in [-0.1, -0.05) is 12.1 Å². The summed E-state index contributed by atoms with van der Waals surface area (Å²) in [6.45, 7) is 3.05. The van der Waals surface area contributed by atoms with Gasteiger partial charge in [0.05, 0.1) is 5.69 Å². The smallest absolute Gasteiger partial charge is 0.270 e. The first-order chi connectivity index (χ1) is 12.2. The molecule has 1 aliphatic carbocycles. The van der Waals surface area contributed by atoms with Crippen LogP contribution in [-0.4, -0.2) is 43.1 Å². The van der Waals surface area contributed by atoms with Crippen molar-refractivity contribution in [1.82, 2.24) is 10.3 Å². The highest BCUT2D eigenvalue weighted by molar-refractivity contribution is 5.93. The molecule has 1 aliphatic heterocycles. The zero-order valence-corrected chi connectivity index (χ0v) is 14.0. The molecule has 2 fully saturated rings. The number of nitrogens with one attached hydrogen (secondary N) is 1. The van der Waals surface area contributed by atoms with Crippen LogP contribution in [0.2, 0.25) is 0 Å².